The van der Waals surface area contributed by atoms with E-state index in [0.29, 0.717) is 10.3 Å². The number of H-pyrrole nitrogens is 1. The Bertz CT molecular complexity index is 923. The maximum atomic E-state index is 12.6. The van der Waals surface area contributed by atoms with Crippen LogP contribution in [0.5, 0.6) is 0 Å². The van der Waals surface area contributed by atoms with Crippen LogP contribution in [-0.2, 0) is 0 Å². The number of fused-ring (bicyclic) bond motifs is 3. The van der Waals surface area contributed by atoms with E-state index < -0.39 is 0 Å². The number of pyridine rings is 1. The van der Waals surface area contributed by atoms with Crippen LogP contribution in [0.4, 0.5) is 0 Å². The number of aromatic amines is 1. The van der Waals surface area contributed by atoms with E-state index in [1.165, 1.54) is 11.3 Å². The highest BCUT2D eigenvalue weighted by Gasteiger charge is 2.21. The monoisotopic (exact) mass is 330 g/mol. The summed E-state index contributed by atoms with van der Waals surface area (Å²) in [6.45, 7) is 1.57. The Morgan fingerprint density at radius 2 is 1.91 bits per heavy atom. The number of nitrogens with zero attached hydrogens (tertiary/aromatic N) is 1. The number of hydrogen-bond donors (Lipinski definition) is 1. The zero-order chi connectivity index (χ0) is 15.1. The van der Waals surface area contributed by atoms with Crippen LogP contribution in [0.2, 0.25) is 0 Å². The second-order valence-corrected chi connectivity index (χ2v) is 7.53. The molecule has 0 bridgehead atoms. The molecule has 4 rings (SSSR count). The average Bonchev–Trinajstić information content (AvgIpc) is 3.01. The minimum atomic E-state index is -0.127. The van der Waals surface area contributed by atoms with Crippen LogP contribution in [-0.4, -0.2) is 40.4 Å². The molecule has 0 atom stereocenters. The summed E-state index contributed by atoms with van der Waals surface area (Å²) in [5.41, 5.74) is 0.688. The van der Waals surface area contributed by atoms with Crippen LogP contribution in [0, 0.1) is 0 Å². The van der Waals surface area contributed by atoms with Gasteiger partial charge in [0.1, 0.15) is 0 Å². The van der Waals surface area contributed by atoms with Gasteiger partial charge in [0.25, 0.3) is 11.5 Å². The van der Waals surface area contributed by atoms with Crippen molar-refractivity contribution in [2.45, 2.75) is 0 Å². The molecule has 0 aliphatic carbocycles. The van der Waals surface area contributed by atoms with Gasteiger partial charge in [-0.3, -0.25) is 9.59 Å². The number of thioether (sulfide) groups is 1. The molecule has 2 aromatic heterocycles. The Balaban J connectivity index is 1.86. The number of benzene rings is 1. The van der Waals surface area contributed by atoms with Gasteiger partial charge in [-0.05, 0) is 12.1 Å². The van der Waals surface area contributed by atoms with E-state index in [0.717, 1.165) is 40.2 Å². The molecule has 1 aromatic carbocycles. The fourth-order valence-electron chi connectivity index (χ4n) is 2.77. The van der Waals surface area contributed by atoms with E-state index in [-0.39, 0.29) is 11.5 Å². The summed E-state index contributed by atoms with van der Waals surface area (Å²) < 4.78 is 0.897. The molecule has 3 aromatic rings. The second-order valence-electron chi connectivity index (χ2n) is 5.26. The number of para-hydroxylation sites is 1. The van der Waals surface area contributed by atoms with Gasteiger partial charge in [-0.2, -0.15) is 11.8 Å². The van der Waals surface area contributed by atoms with Gasteiger partial charge in [-0.15, -0.1) is 11.3 Å². The van der Waals surface area contributed by atoms with Crippen molar-refractivity contribution in [1.82, 2.24) is 9.88 Å². The summed E-state index contributed by atoms with van der Waals surface area (Å²) in [5, 5.41) is 1.61. The smallest absolute Gasteiger partial charge is 0.264 e. The van der Waals surface area contributed by atoms with E-state index in [1.54, 1.807) is 6.07 Å². The number of carbonyl (C=O) groups is 1. The molecule has 4 nitrogen and oxygen atoms in total. The number of rotatable bonds is 1. The van der Waals surface area contributed by atoms with Crippen LogP contribution >= 0.6 is 23.1 Å². The number of carbonyl (C=O) groups excluding carboxylic acids is 1. The summed E-state index contributed by atoms with van der Waals surface area (Å²) in [7, 11) is 0. The quantitative estimate of drug-likeness (QED) is 0.746. The Hall–Kier alpha value is -1.79. The van der Waals surface area contributed by atoms with Crippen LogP contribution in [0.1, 0.15) is 9.67 Å². The van der Waals surface area contributed by atoms with E-state index in [2.05, 4.69) is 4.98 Å². The Morgan fingerprint density at radius 3 is 2.73 bits per heavy atom. The van der Waals surface area contributed by atoms with Crippen molar-refractivity contribution in [2.75, 3.05) is 24.6 Å². The molecule has 22 heavy (non-hydrogen) atoms. The highest BCUT2D eigenvalue weighted by Crippen LogP contribution is 2.30. The third-order valence-electron chi connectivity index (χ3n) is 3.91. The minimum absolute atomic E-state index is 0.0463. The van der Waals surface area contributed by atoms with Crippen molar-refractivity contribution in [2.24, 2.45) is 0 Å². The number of aromatic nitrogens is 1. The van der Waals surface area contributed by atoms with E-state index in [9.17, 15) is 9.59 Å². The molecule has 112 valence electrons. The molecule has 0 saturated carbocycles. The number of thiophene rings is 1. The summed E-state index contributed by atoms with van der Waals surface area (Å²) >= 11 is 3.30. The van der Waals surface area contributed by atoms with Crippen molar-refractivity contribution in [1.29, 1.82) is 0 Å². The fraction of sp³-hybridized carbons (Fsp3) is 0.250. The van der Waals surface area contributed by atoms with Gasteiger partial charge < -0.3 is 9.88 Å². The van der Waals surface area contributed by atoms with E-state index in [1.807, 2.05) is 40.9 Å². The molecule has 1 amide bonds. The molecule has 1 aliphatic heterocycles. The molecule has 0 radical (unpaired) electrons. The molecule has 0 unspecified atom stereocenters. The predicted molar refractivity (Wildman–Crippen MR) is 93.2 cm³/mol. The first-order valence-corrected chi connectivity index (χ1v) is 9.13. The van der Waals surface area contributed by atoms with Gasteiger partial charge in [0.2, 0.25) is 0 Å². The molecule has 3 heterocycles. The first-order valence-electron chi connectivity index (χ1n) is 7.15. The lowest BCUT2D eigenvalue weighted by Gasteiger charge is -2.25. The van der Waals surface area contributed by atoms with Gasteiger partial charge in [0.05, 0.1) is 10.3 Å². The van der Waals surface area contributed by atoms with Gasteiger partial charge in [0, 0.05) is 40.2 Å². The number of hydrogen-bond acceptors (Lipinski definition) is 4. The minimum Gasteiger partial charge on any atom is -0.336 e. The third-order valence-corrected chi connectivity index (χ3v) is 6.00. The van der Waals surface area contributed by atoms with E-state index in [4.69, 9.17) is 0 Å². The second kappa shape index (κ2) is 5.44. The Labute approximate surface area is 135 Å². The summed E-state index contributed by atoms with van der Waals surface area (Å²) in [5.74, 6) is 2.02. The summed E-state index contributed by atoms with van der Waals surface area (Å²) in [6, 6.07) is 9.46. The highest BCUT2D eigenvalue weighted by atomic mass is 32.2. The summed E-state index contributed by atoms with van der Waals surface area (Å²) in [4.78, 5) is 30.3. The highest BCUT2D eigenvalue weighted by molar-refractivity contribution is 7.99. The topological polar surface area (TPSA) is 53.2 Å². The maximum Gasteiger partial charge on any atom is 0.264 e. The largest absolute Gasteiger partial charge is 0.336 e. The average molecular weight is 330 g/mol. The van der Waals surface area contributed by atoms with Crippen molar-refractivity contribution in [3.63, 3.8) is 0 Å². The van der Waals surface area contributed by atoms with Gasteiger partial charge in [0.15, 0.2) is 0 Å². The molecule has 6 heteroatoms. The van der Waals surface area contributed by atoms with Crippen molar-refractivity contribution < 1.29 is 4.79 Å². The van der Waals surface area contributed by atoms with Crippen LogP contribution in [0.15, 0.2) is 35.1 Å². The Kier molecular flexibility index (Phi) is 3.43. The van der Waals surface area contributed by atoms with Gasteiger partial charge >= 0.3 is 0 Å². The van der Waals surface area contributed by atoms with Gasteiger partial charge in [-0.25, -0.2) is 0 Å². The first-order chi connectivity index (χ1) is 10.7. The van der Waals surface area contributed by atoms with Crippen molar-refractivity contribution in [3.05, 3.63) is 45.6 Å². The molecule has 1 N–H and O–H groups in total. The Morgan fingerprint density at radius 1 is 1.14 bits per heavy atom. The molecule has 1 aliphatic rings. The predicted octanol–water partition coefficient (Wildman–Crippen LogP) is 2.93. The molecule has 0 spiro atoms. The SMILES string of the molecule is O=C(c1cc2c(=O)[nH]c3ccccc3c2s1)N1CCSCC1. The number of nitrogens with one attached hydrogen (secondary N) is 1. The molecular weight excluding hydrogens is 316 g/mol. The van der Waals surface area contributed by atoms with Gasteiger partial charge in [-0.1, -0.05) is 18.2 Å². The first kappa shape index (κ1) is 13.8. The lowest BCUT2D eigenvalue weighted by Crippen LogP contribution is -2.37. The van der Waals surface area contributed by atoms with Crippen molar-refractivity contribution >= 4 is 50.0 Å². The van der Waals surface area contributed by atoms with Crippen molar-refractivity contribution in [3.8, 4) is 0 Å². The zero-order valence-electron chi connectivity index (χ0n) is 11.8. The number of amides is 1. The van der Waals surface area contributed by atoms with Crippen LogP contribution in [0.3, 0.4) is 0 Å². The molecular formula is C16H14N2O2S2. The lowest BCUT2D eigenvalue weighted by molar-refractivity contribution is 0.0777. The fourth-order valence-corrected chi connectivity index (χ4v) is 4.83. The van der Waals surface area contributed by atoms with Crippen LogP contribution < -0.4 is 5.56 Å². The standard InChI is InChI=1S/C16H14N2O2S2/c19-15-11-9-13(16(20)18-5-7-21-8-6-18)22-14(11)10-3-1-2-4-12(10)17-15/h1-4,9H,5-8H2,(H,17,19). The molecule has 1 fully saturated rings. The lowest BCUT2D eigenvalue weighted by atomic mass is 10.2. The normalized spacial score (nSPS) is 15.5. The third kappa shape index (κ3) is 2.23. The van der Waals surface area contributed by atoms with E-state index >= 15 is 0 Å². The molecule has 1 saturated heterocycles. The maximum absolute atomic E-state index is 12.6. The van der Waals surface area contributed by atoms with Crippen LogP contribution in [0.25, 0.3) is 21.0 Å². The zero-order valence-corrected chi connectivity index (χ0v) is 13.4. The summed E-state index contributed by atoms with van der Waals surface area (Å²) in [6.07, 6.45) is 0.